The van der Waals surface area contributed by atoms with Crippen molar-refractivity contribution in [3.63, 3.8) is 0 Å². The van der Waals surface area contributed by atoms with Gasteiger partial charge in [0.1, 0.15) is 0 Å². The lowest BCUT2D eigenvalue weighted by molar-refractivity contribution is -0.118. The summed E-state index contributed by atoms with van der Waals surface area (Å²) in [6, 6.07) is 22.3. The van der Waals surface area contributed by atoms with Crippen LogP contribution in [0.2, 0.25) is 5.02 Å². The first-order valence-electron chi connectivity index (χ1n) is 10.6. The highest BCUT2D eigenvalue weighted by Gasteiger charge is 2.40. The molecular formula is C25H25ClN2O3S. The fraction of sp³-hybridized carbons (Fsp3) is 0.240. The maximum atomic E-state index is 13.9. The van der Waals surface area contributed by atoms with Gasteiger partial charge in [-0.05, 0) is 61.4 Å². The van der Waals surface area contributed by atoms with Crippen LogP contribution in [-0.4, -0.2) is 20.4 Å². The zero-order chi connectivity index (χ0) is 22.9. The van der Waals surface area contributed by atoms with Crippen molar-refractivity contribution in [2.75, 3.05) is 9.21 Å². The van der Waals surface area contributed by atoms with Crippen molar-refractivity contribution in [3.8, 4) is 0 Å². The van der Waals surface area contributed by atoms with Gasteiger partial charge in [0.05, 0.1) is 16.6 Å². The molecule has 0 spiro atoms. The van der Waals surface area contributed by atoms with Crippen LogP contribution in [0.15, 0.2) is 83.8 Å². The summed E-state index contributed by atoms with van der Waals surface area (Å²) in [5.41, 5.74) is 2.15. The molecule has 166 valence electrons. The molecule has 3 aromatic rings. The lowest BCUT2D eigenvalue weighted by atomic mass is 9.91. The highest BCUT2D eigenvalue weighted by Crippen LogP contribution is 2.44. The van der Waals surface area contributed by atoms with E-state index in [2.05, 4.69) is 0 Å². The van der Waals surface area contributed by atoms with Gasteiger partial charge in [0.25, 0.3) is 10.0 Å². The normalized spacial score (nSPS) is 18.2. The molecule has 2 atom stereocenters. The standard InChI is InChI=1S/C25H25ClN2O3S/c1-3-25(29)27-18(2)17-24(22-11-7-8-12-23(22)27)28(20-9-5-4-6-10-20)32(30,31)21-15-13-19(26)14-16-21/h4-16,18,24H,3,17H2,1-2H3/t18-,24+/m0/s1. The number of amides is 1. The number of benzene rings is 3. The number of carbonyl (C=O) groups is 1. The van der Waals surface area contributed by atoms with Crippen LogP contribution in [0.5, 0.6) is 0 Å². The molecule has 0 saturated heterocycles. The highest BCUT2D eigenvalue weighted by molar-refractivity contribution is 7.92. The number of carbonyl (C=O) groups excluding carboxylic acids is 1. The predicted octanol–water partition coefficient (Wildman–Crippen LogP) is 5.81. The van der Waals surface area contributed by atoms with Crippen LogP contribution in [-0.2, 0) is 14.8 Å². The van der Waals surface area contributed by atoms with Crippen molar-refractivity contribution in [1.29, 1.82) is 0 Å². The van der Waals surface area contributed by atoms with Crippen molar-refractivity contribution in [3.05, 3.63) is 89.4 Å². The summed E-state index contributed by atoms with van der Waals surface area (Å²) in [6.45, 7) is 3.81. The van der Waals surface area contributed by atoms with Crippen LogP contribution in [0.4, 0.5) is 11.4 Å². The molecule has 1 heterocycles. The number of nitrogens with zero attached hydrogens (tertiary/aromatic N) is 2. The number of hydrogen-bond acceptors (Lipinski definition) is 3. The molecule has 1 aliphatic rings. The molecule has 0 fully saturated rings. The third kappa shape index (κ3) is 4.00. The Morgan fingerprint density at radius 1 is 1.00 bits per heavy atom. The monoisotopic (exact) mass is 468 g/mol. The average Bonchev–Trinajstić information content (AvgIpc) is 2.79. The summed E-state index contributed by atoms with van der Waals surface area (Å²) in [5.74, 6) is 0.0234. The van der Waals surface area contributed by atoms with Gasteiger partial charge in [-0.2, -0.15) is 0 Å². The average molecular weight is 469 g/mol. The summed E-state index contributed by atoms with van der Waals surface area (Å²) < 4.78 is 29.4. The van der Waals surface area contributed by atoms with Crippen LogP contribution >= 0.6 is 11.6 Å². The molecule has 0 unspecified atom stereocenters. The summed E-state index contributed by atoms with van der Waals surface area (Å²) in [6.07, 6.45) is 0.860. The summed E-state index contributed by atoms with van der Waals surface area (Å²) in [5, 5.41) is 0.473. The maximum Gasteiger partial charge on any atom is 0.264 e. The van der Waals surface area contributed by atoms with Gasteiger partial charge < -0.3 is 4.90 Å². The Labute approximate surface area is 194 Å². The maximum absolute atomic E-state index is 13.9. The molecular weight excluding hydrogens is 444 g/mol. The molecule has 7 heteroatoms. The first kappa shape index (κ1) is 22.4. The fourth-order valence-corrected chi connectivity index (χ4v) is 6.10. The predicted molar refractivity (Wildman–Crippen MR) is 129 cm³/mol. The number of halogens is 1. The largest absolute Gasteiger partial charge is 0.309 e. The van der Waals surface area contributed by atoms with Gasteiger partial charge in [0, 0.05) is 23.2 Å². The lowest BCUT2D eigenvalue weighted by Gasteiger charge is -2.43. The Bertz CT molecular complexity index is 1210. The van der Waals surface area contributed by atoms with E-state index in [1.165, 1.54) is 16.4 Å². The topological polar surface area (TPSA) is 57.7 Å². The molecule has 1 aliphatic heterocycles. The Morgan fingerprint density at radius 2 is 1.62 bits per heavy atom. The van der Waals surface area contributed by atoms with E-state index in [0.717, 1.165) is 11.3 Å². The van der Waals surface area contributed by atoms with Crippen LogP contribution in [0, 0.1) is 0 Å². The first-order valence-corrected chi connectivity index (χ1v) is 12.4. The SMILES string of the molecule is CCC(=O)N1c2ccccc2[C@H](N(c2ccccc2)S(=O)(=O)c2ccc(Cl)cc2)C[C@@H]1C. The number of para-hydroxylation sites is 2. The Morgan fingerprint density at radius 3 is 2.28 bits per heavy atom. The third-order valence-electron chi connectivity index (χ3n) is 5.80. The van der Waals surface area contributed by atoms with Crippen molar-refractivity contribution >= 4 is 38.9 Å². The molecule has 0 N–H and O–H groups in total. The molecule has 0 aliphatic carbocycles. The number of hydrogen-bond donors (Lipinski definition) is 0. The molecule has 0 aromatic heterocycles. The molecule has 1 amide bonds. The number of anilines is 2. The van der Waals surface area contributed by atoms with E-state index in [1.807, 2.05) is 56.3 Å². The van der Waals surface area contributed by atoms with Crippen molar-refractivity contribution in [1.82, 2.24) is 0 Å². The molecule has 32 heavy (non-hydrogen) atoms. The summed E-state index contributed by atoms with van der Waals surface area (Å²) in [7, 11) is -3.91. The van der Waals surface area contributed by atoms with Gasteiger partial charge in [-0.3, -0.25) is 9.10 Å². The Hall–Kier alpha value is -2.83. The minimum atomic E-state index is -3.91. The van der Waals surface area contributed by atoms with Gasteiger partial charge in [0.15, 0.2) is 0 Å². The van der Waals surface area contributed by atoms with Gasteiger partial charge in [-0.1, -0.05) is 54.9 Å². The molecule has 4 rings (SSSR count). The van der Waals surface area contributed by atoms with Crippen molar-refractivity contribution in [2.24, 2.45) is 0 Å². The fourth-order valence-electron chi connectivity index (χ4n) is 4.34. The Balaban J connectivity index is 1.91. The lowest BCUT2D eigenvalue weighted by Crippen LogP contribution is -2.47. The van der Waals surface area contributed by atoms with E-state index in [4.69, 9.17) is 11.6 Å². The van der Waals surface area contributed by atoms with Crippen LogP contribution in [0.3, 0.4) is 0 Å². The van der Waals surface area contributed by atoms with E-state index in [1.54, 1.807) is 29.2 Å². The second-order valence-corrected chi connectivity index (χ2v) is 10.1. The van der Waals surface area contributed by atoms with E-state index in [0.29, 0.717) is 23.6 Å². The van der Waals surface area contributed by atoms with E-state index in [9.17, 15) is 13.2 Å². The van der Waals surface area contributed by atoms with Crippen molar-refractivity contribution < 1.29 is 13.2 Å². The Kier molecular flexibility index (Phi) is 6.26. The molecule has 0 saturated carbocycles. The molecule has 0 bridgehead atoms. The number of fused-ring (bicyclic) bond motifs is 1. The summed E-state index contributed by atoms with van der Waals surface area (Å²) in [4.78, 5) is 14.7. The van der Waals surface area contributed by atoms with Gasteiger partial charge in [0.2, 0.25) is 5.91 Å². The van der Waals surface area contributed by atoms with E-state index >= 15 is 0 Å². The van der Waals surface area contributed by atoms with E-state index in [-0.39, 0.29) is 16.8 Å². The quantitative estimate of drug-likeness (QED) is 0.474. The molecule has 5 nitrogen and oxygen atoms in total. The molecule has 0 radical (unpaired) electrons. The zero-order valence-electron chi connectivity index (χ0n) is 18.0. The number of rotatable bonds is 5. The third-order valence-corrected chi connectivity index (χ3v) is 7.90. The van der Waals surface area contributed by atoms with Crippen LogP contribution in [0.1, 0.15) is 38.3 Å². The van der Waals surface area contributed by atoms with Crippen LogP contribution < -0.4 is 9.21 Å². The minimum absolute atomic E-state index is 0.0234. The second-order valence-electron chi connectivity index (χ2n) is 7.87. The number of sulfonamides is 1. The minimum Gasteiger partial charge on any atom is -0.309 e. The zero-order valence-corrected chi connectivity index (χ0v) is 19.6. The van der Waals surface area contributed by atoms with Gasteiger partial charge >= 0.3 is 0 Å². The highest BCUT2D eigenvalue weighted by atomic mass is 35.5. The first-order chi connectivity index (χ1) is 15.3. The molecule has 3 aromatic carbocycles. The smallest absolute Gasteiger partial charge is 0.264 e. The summed E-state index contributed by atoms with van der Waals surface area (Å²) >= 11 is 6.01. The van der Waals surface area contributed by atoms with Gasteiger partial charge in [-0.25, -0.2) is 8.42 Å². The van der Waals surface area contributed by atoms with Gasteiger partial charge in [-0.15, -0.1) is 0 Å². The van der Waals surface area contributed by atoms with Crippen LogP contribution in [0.25, 0.3) is 0 Å². The van der Waals surface area contributed by atoms with E-state index < -0.39 is 16.1 Å². The van der Waals surface area contributed by atoms with Crippen molar-refractivity contribution in [2.45, 2.75) is 43.7 Å². The second kappa shape index (κ2) is 8.96.